The van der Waals surface area contributed by atoms with Gasteiger partial charge in [0.15, 0.2) is 0 Å². The summed E-state index contributed by atoms with van der Waals surface area (Å²) in [5.41, 5.74) is 1.66. The van der Waals surface area contributed by atoms with E-state index in [2.05, 4.69) is 19.2 Å². The van der Waals surface area contributed by atoms with Gasteiger partial charge in [0, 0.05) is 21.9 Å². The largest absolute Gasteiger partial charge is 0.465 e. The third-order valence-corrected chi connectivity index (χ3v) is 3.84. The minimum Gasteiger partial charge on any atom is -0.465 e. The number of esters is 1. The number of carbonyl (C=O) groups is 1. The second kappa shape index (κ2) is 4.01. The van der Waals surface area contributed by atoms with Gasteiger partial charge in [-0.2, -0.15) is 0 Å². The minimum absolute atomic E-state index is 0.0944. The van der Waals surface area contributed by atoms with Crippen molar-refractivity contribution < 1.29 is 9.53 Å². The maximum Gasteiger partial charge on any atom is 0.339 e. The van der Waals surface area contributed by atoms with Crippen molar-refractivity contribution in [2.75, 3.05) is 19.0 Å². The van der Waals surface area contributed by atoms with Gasteiger partial charge in [-0.25, -0.2) is 4.79 Å². The molecular weight excluding hydrogens is 222 g/mol. The molecule has 3 nitrogen and oxygen atoms in total. The van der Waals surface area contributed by atoms with Crippen LogP contribution in [0.25, 0.3) is 0 Å². The molecule has 0 radical (unpaired) electrons. The number of nitrogens with one attached hydrogen (secondary N) is 1. The van der Waals surface area contributed by atoms with Crippen LogP contribution >= 0.6 is 11.8 Å². The number of benzene rings is 1. The Labute approximate surface area is 99.6 Å². The molecule has 1 aliphatic rings. The number of hydrogen-bond donors (Lipinski definition) is 1. The van der Waals surface area contributed by atoms with E-state index in [1.165, 1.54) is 7.11 Å². The van der Waals surface area contributed by atoms with Crippen LogP contribution in [0.2, 0.25) is 0 Å². The average molecular weight is 237 g/mol. The lowest BCUT2D eigenvalue weighted by Crippen LogP contribution is -2.30. The van der Waals surface area contributed by atoms with Crippen LogP contribution in [0.4, 0.5) is 5.69 Å². The maximum atomic E-state index is 11.6. The minimum atomic E-state index is -0.274. The summed E-state index contributed by atoms with van der Waals surface area (Å²) in [5.74, 6) is -0.274. The van der Waals surface area contributed by atoms with Crippen LogP contribution in [0.5, 0.6) is 0 Å². The van der Waals surface area contributed by atoms with Crippen molar-refractivity contribution in [2.24, 2.45) is 0 Å². The summed E-state index contributed by atoms with van der Waals surface area (Å²) in [6.07, 6.45) is 0. The summed E-state index contributed by atoms with van der Waals surface area (Å²) in [4.78, 5) is 12.6. The SMILES string of the molecule is COC(=O)c1cccc2c1SC(C)(C)CN2. The topological polar surface area (TPSA) is 38.3 Å². The number of carbonyl (C=O) groups excluding carboxylic acids is 1. The van der Waals surface area contributed by atoms with E-state index in [1.807, 2.05) is 12.1 Å². The number of anilines is 1. The average Bonchev–Trinajstić information content (AvgIpc) is 2.26. The molecule has 0 bridgehead atoms. The van der Waals surface area contributed by atoms with Crippen molar-refractivity contribution in [1.82, 2.24) is 0 Å². The third kappa shape index (κ3) is 2.02. The van der Waals surface area contributed by atoms with Crippen LogP contribution in [-0.4, -0.2) is 24.4 Å². The summed E-state index contributed by atoms with van der Waals surface area (Å²) in [7, 11) is 1.41. The Hall–Kier alpha value is -1.16. The van der Waals surface area contributed by atoms with Gasteiger partial charge < -0.3 is 10.1 Å². The molecule has 0 fully saturated rings. The highest BCUT2D eigenvalue weighted by Crippen LogP contribution is 2.43. The Morgan fingerprint density at radius 3 is 2.94 bits per heavy atom. The highest BCUT2D eigenvalue weighted by molar-refractivity contribution is 8.01. The summed E-state index contributed by atoms with van der Waals surface area (Å²) >= 11 is 1.72. The Bertz CT molecular complexity index is 429. The molecule has 1 heterocycles. The van der Waals surface area contributed by atoms with Gasteiger partial charge in [0.25, 0.3) is 0 Å². The van der Waals surface area contributed by atoms with Crippen LogP contribution < -0.4 is 5.32 Å². The van der Waals surface area contributed by atoms with Crippen LogP contribution in [-0.2, 0) is 4.74 Å². The van der Waals surface area contributed by atoms with Crippen molar-refractivity contribution in [3.05, 3.63) is 23.8 Å². The molecule has 1 aromatic rings. The van der Waals surface area contributed by atoms with Crippen LogP contribution in [0.3, 0.4) is 0 Å². The Kier molecular flexibility index (Phi) is 2.84. The van der Waals surface area contributed by atoms with Gasteiger partial charge >= 0.3 is 5.97 Å². The van der Waals surface area contributed by atoms with E-state index in [4.69, 9.17) is 4.74 Å². The van der Waals surface area contributed by atoms with Gasteiger partial charge in [-0.1, -0.05) is 6.07 Å². The predicted octanol–water partition coefficient (Wildman–Crippen LogP) is 2.77. The zero-order chi connectivity index (χ0) is 11.8. The molecule has 0 aromatic heterocycles. The van der Waals surface area contributed by atoms with Gasteiger partial charge in [0.05, 0.1) is 12.7 Å². The van der Waals surface area contributed by atoms with E-state index in [0.717, 1.165) is 17.1 Å². The Balaban J connectivity index is 2.46. The molecule has 86 valence electrons. The molecule has 0 saturated heterocycles. The Morgan fingerprint density at radius 1 is 1.50 bits per heavy atom. The van der Waals surface area contributed by atoms with E-state index < -0.39 is 0 Å². The van der Waals surface area contributed by atoms with E-state index >= 15 is 0 Å². The highest BCUT2D eigenvalue weighted by Gasteiger charge is 2.29. The number of methoxy groups -OCH3 is 1. The van der Waals surface area contributed by atoms with Crippen LogP contribution in [0.1, 0.15) is 24.2 Å². The van der Waals surface area contributed by atoms with Crippen LogP contribution in [0.15, 0.2) is 23.1 Å². The molecule has 1 aromatic carbocycles. The fourth-order valence-corrected chi connectivity index (χ4v) is 2.89. The second-order valence-electron chi connectivity index (χ2n) is 4.39. The molecule has 0 atom stereocenters. The number of ether oxygens (including phenoxy) is 1. The first-order chi connectivity index (χ1) is 7.53. The lowest BCUT2D eigenvalue weighted by atomic mass is 10.1. The number of thioether (sulfide) groups is 1. The number of hydrogen-bond acceptors (Lipinski definition) is 4. The molecule has 1 aliphatic heterocycles. The smallest absolute Gasteiger partial charge is 0.339 e. The highest BCUT2D eigenvalue weighted by atomic mass is 32.2. The molecular formula is C12H15NO2S. The van der Waals surface area contributed by atoms with E-state index in [1.54, 1.807) is 17.8 Å². The van der Waals surface area contributed by atoms with Gasteiger partial charge in [-0.15, -0.1) is 11.8 Å². The van der Waals surface area contributed by atoms with Gasteiger partial charge in [0.1, 0.15) is 0 Å². The van der Waals surface area contributed by atoms with Crippen molar-refractivity contribution in [3.8, 4) is 0 Å². The maximum absolute atomic E-state index is 11.6. The van der Waals surface area contributed by atoms with E-state index in [-0.39, 0.29) is 10.7 Å². The molecule has 4 heteroatoms. The van der Waals surface area contributed by atoms with Gasteiger partial charge in [-0.05, 0) is 26.0 Å². The second-order valence-corrected chi connectivity index (χ2v) is 6.11. The van der Waals surface area contributed by atoms with Crippen LogP contribution in [0, 0.1) is 0 Å². The third-order valence-electron chi connectivity index (χ3n) is 2.50. The van der Waals surface area contributed by atoms with Gasteiger partial charge in [-0.3, -0.25) is 0 Å². The molecule has 16 heavy (non-hydrogen) atoms. The lowest BCUT2D eigenvalue weighted by Gasteiger charge is -2.32. The first kappa shape index (κ1) is 11.3. The fourth-order valence-electron chi connectivity index (χ4n) is 1.68. The summed E-state index contributed by atoms with van der Waals surface area (Å²) < 4.78 is 4.88. The molecule has 2 rings (SSSR count). The standard InChI is InChI=1S/C12H15NO2S/c1-12(2)7-13-9-6-4-5-8(10(9)16-12)11(14)15-3/h4-6,13H,7H2,1-3H3. The molecule has 0 amide bonds. The van der Waals surface area contributed by atoms with Crippen molar-refractivity contribution >= 4 is 23.4 Å². The molecule has 1 N–H and O–H groups in total. The summed E-state index contributed by atoms with van der Waals surface area (Å²) in [6, 6.07) is 5.67. The first-order valence-electron chi connectivity index (χ1n) is 5.18. The predicted molar refractivity (Wildman–Crippen MR) is 66.2 cm³/mol. The zero-order valence-electron chi connectivity index (χ0n) is 9.66. The molecule has 0 aliphatic carbocycles. The van der Waals surface area contributed by atoms with E-state index in [9.17, 15) is 4.79 Å². The monoisotopic (exact) mass is 237 g/mol. The zero-order valence-corrected chi connectivity index (χ0v) is 10.5. The lowest BCUT2D eigenvalue weighted by molar-refractivity contribution is 0.0597. The number of rotatable bonds is 1. The van der Waals surface area contributed by atoms with Gasteiger partial charge in [0.2, 0.25) is 0 Å². The number of fused-ring (bicyclic) bond motifs is 1. The van der Waals surface area contributed by atoms with E-state index in [0.29, 0.717) is 5.56 Å². The summed E-state index contributed by atoms with van der Waals surface area (Å²) in [6.45, 7) is 5.21. The molecule has 0 spiro atoms. The quantitative estimate of drug-likeness (QED) is 0.762. The molecule has 0 saturated carbocycles. The molecule has 0 unspecified atom stereocenters. The van der Waals surface area contributed by atoms with Crippen molar-refractivity contribution in [3.63, 3.8) is 0 Å². The van der Waals surface area contributed by atoms with Crippen molar-refractivity contribution in [1.29, 1.82) is 0 Å². The normalized spacial score (nSPS) is 17.2. The fraction of sp³-hybridized carbons (Fsp3) is 0.417. The summed E-state index contributed by atoms with van der Waals surface area (Å²) in [5, 5.41) is 3.34. The first-order valence-corrected chi connectivity index (χ1v) is 5.99. The van der Waals surface area contributed by atoms with Crippen molar-refractivity contribution in [2.45, 2.75) is 23.5 Å². The Morgan fingerprint density at radius 2 is 2.25 bits per heavy atom.